The van der Waals surface area contributed by atoms with Crippen molar-refractivity contribution in [1.29, 1.82) is 0 Å². The first-order valence-corrected chi connectivity index (χ1v) is 5.41. The van der Waals surface area contributed by atoms with Crippen LogP contribution in [0.15, 0.2) is 0 Å². The maximum atomic E-state index is 13.3. The third-order valence-electron chi connectivity index (χ3n) is 2.74. The molecule has 7 heteroatoms. The normalized spacial score (nSPS) is 16.9. The molecule has 0 aromatic heterocycles. The van der Waals surface area contributed by atoms with Gasteiger partial charge in [0, 0.05) is 0 Å². The van der Waals surface area contributed by atoms with Crippen LogP contribution >= 0.6 is 0 Å². The highest BCUT2D eigenvalue weighted by Crippen LogP contribution is 2.30. The molecule has 2 nitrogen and oxygen atoms in total. The molecule has 2 rings (SSSR count). The van der Waals surface area contributed by atoms with Gasteiger partial charge in [-0.05, 0) is 25.9 Å². The Hall–Kier alpha value is -1.37. The van der Waals surface area contributed by atoms with E-state index in [0.717, 1.165) is 0 Å². The highest BCUT2D eigenvalue weighted by Gasteiger charge is 2.29. The summed E-state index contributed by atoms with van der Waals surface area (Å²) in [5.41, 5.74) is 0. The first-order chi connectivity index (χ1) is 8.52. The molecule has 1 N–H and O–H groups in total. The number of piperidine rings is 1. The zero-order valence-corrected chi connectivity index (χ0v) is 9.20. The smallest absolute Gasteiger partial charge is 0.207 e. The fourth-order valence-electron chi connectivity index (χ4n) is 1.77. The van der Waals surface area contributed by atoms with Gasteiger partial charge in [-0.25, -0.2) is 13.2 Å². The lowest BCUT2D eigenvalue weighted by molar-refractivity contribution is 0.143. The molecule has 18 heavy (non-hydrogen) atoms. The molecular weight excluding hydrogens is 257 g/mol. The monoisotopic (exact) mass is 267 g/mol. The average molecular weight is 267 g/mol. The number of ether oxygens (including phenoxy) is 1. The van der Waals surface area contributed by atoms with Crippen molar-refractivity contribution in [3.8, 4) is 5.75 Å². The zero-order chi connectivity index (χ0) is 13.3. The Balaban J connectivity index is 2.32. The maximum Gasteiger partial charge on any atom is 0.207 e. The van der Waals surface area contributed by atoms with E-state index in [9.17, 15) is 22.0 Å². The molecule has 100 valence electrons. The summed E-state index contributed by atoms with van der Waals surface area (Å²) >= 11 is 0. The number of hydrogen-bond donors (Lipinski definition) is 1. The minimum atomic E-state index is -2.18. The van der Waals surface area contributed by atoms with Crippen molar-refractivity contribution < 1.29 is 26.7 Å². The number of rotatable bonds is 2. The Morgan fingerprint density at radius 2 is 1.22 bits per heavy atom. The molecular formula is C11H10F5NO. The van der Waals surface area contributed by atoms with Crippen LogP contribution in [0.2, 0.25) is 0 Å². The fourth-order valence-corrected chi connectivity index (χ4v) is 1.77. The van der Waals surface area contributed by atoms with Gasteiger partial charge in [0.15, 0.2) is 5.75 Å². The van der Waals surface area contributed by atoms with E-state index in [-0.39, 0.29) is 0 Å². The predicted octanol–water partition coefficient (Wildman–Crippen LogP) is 2.51. The Kier molecular flexibility index (Phi) is 3.70. The highest BCUT2D eigenvalue weighted by molar-refractivity contribution is 5.30. The van der Waals surface area contributed by atoms with Crippen molar-refractivity contribution in [1.82, 2.24) is 5.32 Å². The standard InChI is InChI=1S/C11H10F5NO/c12-6-7(13)9(15)11(10(16)8(6)14)18-5-1-3-17-4-2-5/h5,17H,1-4H2. The molecule has 1 aliphatic rings. The second-order valence-electron chi connectivity index (χ2n) is 3.97. The van der Waals surface area contributed by atoms with Crippen LogP contribution in [0.25, 0.3) is 0 Å². The predicted molar refractivity (Wildman–Crippen MR) is 52.8 cm³/mol. The highest BCUT2D eigenvalue weighted by atomic mass is 19.2. The first-order valence-electron chi connectivity index (χ1n) is 5.41. The van der Waals surface area contributed by atoms with E-state index in [4.69, 9.17) is 4.74 Å². The summed E-state index contributed by atoms with van der Waals surface area (Å²) in [6.45, 7) is 1.14. The lowest BCUT2D eigenvalue weighted by atomic mass is 10.1. The largest absolute Gasteiger partial charge is 0.484 e. The van der Waals surface area contributed by atoms with Gasteiger partial charge in [-0.15, -0.1) is 0 Å². The van der Waals surface area contributed by atoms with Crippen molar-refractivity contribution in [3.05, 3.63) is 29.1 Å². The van der Waals surface area contributed by atoms with Crippen LogP contribution in [-0.2, 0) is 0 Å². The lowest BCUT2D eigenvalue weighted by Crippen LogP contribution is -2.34. The minimum absolute atomic E-state index is 0.444. The Morgan fingerprint density at radius 3 is 1.72 bits per heavy atom. The van der Waals surface area contributed by atoms with Crippen molar-refractivity contribution in [2.75, 3.05) is 13.1 Å². The van der Waals surface area contributed by atoms with Crippen LogP contribution in [-0.4, -0.2) is 19.2 Å². The van der Waals surface area contributed by atoms with Gasteiger partial charge >= 0.3 is 0 Å². The van der Waals surface area contributed by atoms with Crippen molar-refractivity contribution >= 4 is 0 Å². The molecule has 0 saturated carbocycles. The van der Waals surface area contributed by atoms with Crippen LogP contribution in [0.1, 0.15) is 12.8 Å². The summed E-state index contributed by atoms with van der Waals surface area (Å²) in [6, 6.07) is 0. The van der Waals surface area contributed by atoms with E-state index in [1.807, 2.05) is 0 Å². The van der Waals surface area contributed by atoms with Gasteiger partial charge in [0.2, 0.25) is 29.1 Å². The molecule has 0 aliphatic carbocycles. The van der Waals surface area contributed by atoms with Crippen LogP contribution < -0.4 is 10.1 Å². The Bertz CT molecular complexity index is 430. The Labute approximate surface area is 99.7 Å². The average Bonchev–Trinajstić information content (AvgIpc) is 2.40. The van der Waals surface area contributed by atoms with Crippen LogP contribution in [0.3, 0.4) is 0 Å². The summed E-state index contributed by atoms with van der Waals surface area (Å²) in [5, 5.41) is 2.99. The quantitative estimate of drug-likeness (QED) is 0.505. The fraction of sp³-hybridized carbons (Fsp3) is 0.455. The van der Waals surface area contributed by atoms with Gasteiger partial charge in [0.1, 0.15) is 6.10 Å². The summed E-state index contributed by atoms with van der Waals surface area (Å²) in [6.07, 6.45) is 0.332. The number of nitrogens with one attached hydrogen (secondary N) is 1. The van der Waals surface area contributed by atoms with Crippen LogP contribution in [0.5, 0.6) is 5.75 Å². The molecule has 0 atom stereocenters. The van der Waals surface area contributed by atoms with Crippen LogP contribution in [0, 0.1) is 29.1 Å². The van der Waals surface area contributed by atoms with Gasteiger partial charge in [-0.1, -0.05) is 0 Å². The zero-order valence-electron chi connectivity index (χ0n) is 9.20. The van der Waals surface area contributed by atoms with Crippen molar-refractivity contribution in [2.45, 2.75) is 18.9 Å². The third-order valence-corrected chi connectivity index (χ3v) is 2.74. The topological polar surface area (TPSA) is 21.3 Å². The summed E-state index contributed by atoms with van der Waals surface area (Å²) in [7, 11) is 0. The first kappa shape index (κ1) is 13.1. The van der Waals surface area contributed by atoms with Crippen LogP contribution in [0.4, 0.5) is 22.0 Å². The van der Waals surface area contributed by atoms with Gasteiger partial charge in [0.25, 0.3) is 0 Å². The molecule has 1 aromatic carbocycles. The molecule has 0 bridgehead atoms. The van der Waals surface area contributed by atoms with E-state index < -0.39 is 40.9 Å². The summed E-state index contributed by atoms with van der Waals surface area (Å²) in [5.74, 6) is -11.2. The molecule has 0 unspecified atom stereocenters. The number of benzene rings is 1. The molecule has 0 radical (unpaired) electrons. The summed E-state index contributed by atoms with van der Waals surface area (Å²) in [4.78, 5) is 0. The molecule has 1 saturated heterocycles. The second-order valence-corrected chi connectivity index (χ2v) is 3.97. The molecule has 1 fully saturated rings. The maximum absolute atomic E-state index is 13.3. The van der Waals surface area contributed by atoms with Gasteiger partial charge < -0.3 is 10.1 Å². The molecule has 1 heterocycles. The molecule has 1 aliphatic heterocycles. The third kappa shape index (κ3) is 2.27. The summed E-state index contributed by atoms with van der Waals surface area (Å²) < 4.78 is 70.1. The van der Waals surface area contributed by atoms with Crippen molar-refractivity contribution in [3.63, 3.8) is 0 Å². The van der Waals surface area contributed by atoms with Crippen molar-refractivity contribution in [2.24, 2.45) is 0 Å². The van der Waals surface area contributed by atoms with E-state index in [0.29, 0.717) is 25.9 Å². The van der Waals surface area contributed by atoms with Gasteiger partial charge in [-0.2, -0.15) is 8.78 Å². The molecule has 1 aromatic rings. The van der Waals surface area contributed by atoms with Gasteiger partial charge in [-0.3, -0.25) is 0 Å². The van der Waals surface area contributed by atoms with E-state index in [1.54, 1.807) is 0 Å². The Morgan fingerprint density at radius 1 is 0.778 bits per heavy atom. The molecule has 0 amide bonds. The van der Waals surface area contributed by atoms with E-state index in [2.05, 4.69) is 5.32 Å². The lowest BCUT2D eigenvalue weighted by Gasteiger charge is -2.24. The number of hydrogen-bond acceptors (Lipinski definition) is 2. The van der Waals surface area contributed by atoms with E-state index >= 15 is 0 Å². The minimum Gasteiger partial charge on any atom is -0.484 e. The SMILES string of the molecule is Fc1c(F)c(F)c(OC2CCNCC2)c(F)c1F. The van der Waals surface area contributed by atoms with Gasteiger partial charge in [0.05, 0.1) is 0 Å². The van der Waals surface area contributed by atoms with E-state index in [1.165, 1.54) is 0 Å². The number of halogens is 5. The molecule has 0 spiro atoms. The second kappa shape index (κ2) is 5.09.